The van der Waals surface area contributed by atoms with Crippen LogP contribution in [0.15, 0.2) is 36.4 Å². The van der Waals surface area contributed by atoms with Crippen molar-refractivity contribution in [2.24, 2.45) is 0 Å². The maximum absolute atomic E-state index is 14.9. The van der Waals surface area contributed by atoms with Gasteiger partial charge in [0, 0.05) is 41.8 Å². The Morgan fingerprint density at radius 2 is 1.81 bits per heavy atom. The van der Waals surface area contributed by atoms with E-state index in [0.717, 1.165) is 6.07 Å². The number of amidine groups is 1. The van der Waals surface area contributed by atoms with Crippen molar-refractivity contribution >= 4 is 23.5 Å². The van der Waals surface area contributed by atoms with E-state index in [1.165, 1.54) is 18.2 Å². The molecule has 1 aliphatic heterocycles. The van der Waals surface area contributed by atoms with Gasteiger partial charge in [-0.2, -0.15) is 0 Å². The zero-order chi connectivity index (χ0) is 22.9. The number of ether oxygens (including phenoxy) is 1. The number of hydrogen-bond acceptors (Lipinski definition) is 3. The van der Waals surface area contributed by atoms with Crippen molar-refractivity contribution in [3.05, 3.63) is 58.6 Å². The smallest absolute Gasteiger partial charge is 0.410 e. The van der Waals surface area contributed by atoms with E-state index in [1.54, 1.807) is 42.7 Å². The molecule has 0 bridgehead atoms. The van der Waals surface area contributed by atoms with Gasteiger partial charge in [0.05, 0.1) is 5.56 Å². The summed E-state index contributed by atoms with van der Waals surface area (Å²) in [6, 6.07) is 8.29. The minimum absolute atomic E-state index is 0.0302. The molecular formula is C23H26ClF2N3O2. The summed E-state index contributed by atoms with van der Waals surface area (Å²) in [5.74, 6) is -1.19. The van der Waals surface area contributed by atoms with Crippen LogP contribution in [0.3, 0.4) is 0 Å². The Hall–Kier alpha value is -2.67. The van der Waals surface area contributed by atoms with E-state index in [0.29, 0.717) is 19.6 Å². The standard InChI is InChI=1S/C23H26ClF2N3O2/c1-14-13-28(22(30)31-23(2,3)4)9-10-29(14)21(27)17-11-18(24)16(12-20(17)26)15-7-5-6-8-19(15)25/h5-8,11-12,14,27H,9-10,13H2,1-4H3/t14-/m0/s1. The van der Waals surface area contributed by atoms with E-state index in [-0.39, 0.29) is 33.6 Å². The second-order valence-corrected chi connectivity index (χ2v) is 9.02. The first-order valence-electron chi connectivity index (χ1n) is 10.1. The van der Waals surface area contributed by atoms with E-state index in [4.69, 9.17) is 21.7 Å². The molecule has 31 heavy (non-hydrogen) atoms. The van der Waals surface area contributed by atoms with Gasteiger partial charge in [-0.25, -0.2) is 13.6 Å². The lowest BCUT2D eigenvalue weighted by Gasteiger charge is -2.41. The third-order valence-corrected chi connectivity index (χ3v) is 5.35. The molecule has 1 saturated heterocycles. The summed E-state index contributed by atoms with van der Waals surface area (Å²) in [5.41, 5.74) is -0.132. The van der Waals surface area contributed by atoms with Crippen molar-refractivity contribution < 1.29 is 18.3 Å². The van der Waals surface area contributed by atoms with Gasteiger partial charge in [0.25, 0.3) is 0 Å². The van der Waals surface area contributed by atoms with Gasteiger partial charge in [0.1, 0.15) is 23.1 Å². The Balaban J connectivity index is 1.79. The van der Waals surface area contributed by atoms with Crippen LogP contribution in [0.25, 0.3) is 11.1 Å². The van der Waals surface area contributed by atoms with Crippen LogP contribution in [0.5, 0.6) is 0 Å². The first-order valence-corrected chi connectivity index (χ1v) is 10.4. The average Bonchev–Trinajstić information content (AvgIpc) is 2.68. The van der Waals surface area contributed by atoms with E-state index in [9.17, 15) is 13.6 Å². The van der Waals surface area contributed by atoms with Crippen LogP contribution in [-0.4, -0.2) is 53.0 Å². The topological polar surface area (TPSA) is 56.6 Å². The van der Waals surface area contributed by atoms with Crippen LogP contribution in [-0.2, 0) is 4.74 Å². The molecule has 0 unspecified atom stereocenters. The highest BCUT2D eigenvalue weighted by Crippen LogP contribution is 2.33. The van der Waals surface area contributed by atoms with Crippen LogP contribution < -0.4 is 0 Å². The number of piperazine rings is 1. The van der Waals surface area contributed by atoms with E-state index < -0.39 is 23.3 Å². The quantitative estimate of drug-likeness (QED) is 0.483. The molecular weight excluding hydrogens is 424 g/mol. The van der Waals surface area contributed by atoms with Gasteiger partial charge in [0.15, 0.2) is 0 Å². The number of benzene rings is 2. The van der Waals surface area contributed by atoms with Crippen LogP contribution in [0.4, 0.5) is 13.6 Å². The summed E-state index contributed by atoms with van der Waals surface area (Å²) in [4.78, 5) is 15.6. The molecule has 1 fully saturated rings. The number of halogens is 3. The molecule has 1 amide bonds. The molecule has 1 heterocycles. The maximum Gasteiger partial charge on any atom is 0.410 e. The molecule has 2 aromatic carbocycles. The number of carbonyl (C=O) groups excluding carboxylic acids is 1. The fourth-order valence-electron chi connectivity index (χ4n) is 3.55. The highest BCUT2D eigenvalue weighted by Gasteiger charge is 2.32. The predicted molar refractivity (Wildman–Crippen MR) is 118 cm³/mol. The zero-order valence-corrected chi connectivity index (χ0v) is 18.8. The molecule has 0 saturated carbocycles. The predicted octanol–water partition coefficient (Wildman–Crippen LogP) is 5.55. The largest absolute Gasteiger partial charge is 0.444 e. The Morgan fingerprint density at radius 3 is 2.42 bits per heavy atom. The van der Waals surface area contributed by atoms with Crippen molar-refractivity contribution in [2.45, 2.75) is 39.3 Å². The average molecular weight is 450 g/mol. The van der Waals surface area contributed by atoms with Crippen molar-refractivity contribution in [1.82, 2.24) is 9.80 Å². The van der Waals surface area contributed by atoms with E-state index in [1.807, 2.05) is 6.92 Å². The zero-order valence-electron chi connectivity index (χ0n) is 18.0. The molecule has 166 valence electrons. The van der Waals surface area contributed by atoms with Crippen molar-refractivity contribution in [3.8, 4) is 11.1 Å². The molecule has 1 aliphatic rings. The highest BCUT2D eigenvalue weighted by atomic mass is 35.5. The Morgan fingerprint density at radius 1 is 1.13 bits per heavy atom. The van der Waals surface area contributed by atoms with Gasteiger partial charge in [-0.1, -0.05) is 29.8 Å². The summed E-state index contributed by atoms with van der Waals surface area (Å²) in [6.07, 6.45) is -0.408. The summed E-state index contributed by atoms with van der Waals surface area (Å²) in [7, 11) is 0. The van der Waals surface area contributed by atoms with Gasteiger partial charge in [-0.05, 0) is 45.9 Å². The van der Waals surface area contributed by atoms with Crippen LogP contribution in [0.1, 0.15) is 33.3 Å². The van der Waals surface area contributed by atoms with E-state index in [2.05, 4.69) is 0 Å². The summed E-state index contributed by atoms with van der Waals surface area (Å²) < 4.78 is 34.5. The second kappa shape index (κ2) is 8.83. The lowest BCUT2D eigenvalue weighted by molar-refractivity contribution is 0.0133. The number of amides is 1. The second-order valence-electron chi connectivity index (χ2n) is 8.61. The van der Waals surface area contributed by atoms with Crippen LogP contribution >= 0.6 is 11.6 Å². The lowest BCUT2D eigenvalue weighted by atomic mass is 10.0. The van der Waals surface area contributed by atoms with Crippen molar-refractivity contribution in [2.75, 3.05) is 19.6 Å². The van der Waals surface area contributed by atoms with Gasteiger partial charge >= 0.3 is 6.09 Å². The summed E-state index contributed by atoms with van der Waals surface area (Å²) in [6.45, 7) is 8.32. The third-order valence-electron chi connectivity index (χ3n) is 5.04. The summed E-state index contributed by atoms with van der Waals surface area (Å²) in [5, 5.41) is 8.70. The number of carbonyl (C=O) groups is 1. The molecule has 8 heteroatoms. The molecule has 0 spiro atoms. The lowest BCUT2D eigenvalue weighted by Crippen LogP contribution is -2.56. The fourth-order valence-corrected chi connectivity index (χ4v) is 3.82. The maximum atomic E-state index is 14.9. The number of rotatable bonds is 2. The van der Waals surface area contributed by atoms with Gasteiger partial charge in [-0.3, -0.25) is 5.41 Å². The molecule has 3 rings (SSSR count). The molecule has 1 atom stereocenters. The molecule has 1 N–H and O–H groups in total. The molecule has 0 radical (unpaired) electrons. The third kappa shape index (κ3) is 5.15. The van der Waals surface area contributed by atoms with Crippen molar-refractivity contribution in [3.63, 3.8) is 0 Å². The molecule has 0 aromatic heterocycles. The molecule has 0 aliphatic carbocycles. The molecule has 2 aromatic rings. The van der Waals surface area contributed by atoms with Gasteiger partial charge in [0.2, 0.25) is 0 Å². The monoisotopic (exact) mass is 449 g/mol. The molecule has 5 nitrogen and oxygen atoms in total. The van der Waals surface area contributed by atoms with Crippen LogP contribution in [0.2, 0.25) is 5.02 Å². The normalized spacial score (nSPS) is 16.9. The van der Waals surface area contributed by atoms with Gasteiger partial charge in [-0.15, -0.1) is 0 Å². The number of nitrogens with zero attached hydrogens (tertiary/aromatic N) is 2. The Bertz CT molecular complexity index is 1010. The number of hydrogen-bond donors (Lipinski definition) is 1. The fraction of sp³-hybridized carbons (Fsp3) is 0.391. The Kier molecular flexibility index (Phi) is 6.55. The minimum Gasteiger partial charge on any atom is -0.444 e. The van der Waals surface area contributed by atoms with Crippen LogP contribution in [0, 0.1) is 17.0 Å². The highest BCUT2D eigenvalue weighted by molar-refractivity contribution is 6.33. The SMILES string of the molecule is C[C@H]1CN(C(=O)OC(C)(C)C)CCN1C(=N)c1cc(Cl)c(-c2ccccc2F)cc1F. The first kappa shape index (κ1) is 23.0. The first-order chi connectivity index (χ1) is 14.5. The van der Waals surface area contributed by atoms with Crippen molar-refractivity contribution in [1.29, 1.82) is 5.41 Å². The van der Waals surface area contributed by atoms with E-state index >= 15 is 0 Å². The summed E-state index contributed by atoms with van der Waals surface area (Å²) >= 11 is 6.34. The minimum atomic E-state index is -0.658. The number of nitrogens with one attached hydrogen (secondary N) is 1. The van der Waals surface area contributed by atoms with Gasteiger partial charge < -0.3 is 14.5 Å². The Labute approximate surface area is 186 Å².